The van der Waals surface area contributed by atoms with Crippen LogP contribution in [0, 0.1) is 28.6 Å². The zero-order valence-electron chi connectivity index (χ0n) is 21.1. The molecule has 0 unspecified atom stereocenters. The molecule has 4 fully saturated rings. The number of Topliss-reactive ketones (excluding diaryl/α,β-unsaturated/α-hetero) is 2. The Labute approximate surface area is 201 Å². The first-order chi connectivity index (χ1) is 15.7. The second-order valence-corrected chi connectivity index (χ2v) is 11.8. The van der Waals surface area contributed by atoms with Gasteiger partial charge in [-0.05, 0) is 77.4 Å². The second kappa shape index (κ2) is 8.19. The maximum atomic E-state index is 13.2. The standard InChI is InChI=1S/C24H32O6.C3H6O/c1-21(2)29-19-10-16-15-6-5-13-9-14(26)7-8-22(13,3)20(15)17(27)11-23(16,4)24(19,30-21)18(28)12-25;1-3(2)4/h7-9,15-17,19-20,25,27H,5-6,10-12H2,1-4H3;1-2H3/t15-,16-,17-,19+,20+,22-,23-,24+;/m0./s1. The van der Waals surface area contributed by atoms with Crippen LogP contribution in [0.5, 0.6) is 0 Å². The SMILES string of the molecule is CC(C)=O.CC1(C)O[C@@H]2C[C@H]3[C@@H]4CCC5=CC(=O)C=C[C@]5(C)[C@H]4[C@@H](O)C[C@]3(C)[C@]2(C(=O)CO)O1. The lowest BCUT2D eigenvalue weighted by atomic mass is 9.46. The van der Waals surface area contributed by atoms with Crippen LogP contribution >= 0.6 is 0 Å². The molecule has 5 rings (SSSR count). The first-order valence-electron chi connectivity index (χ1n) is 12.3. The Hall–Kier alpha value is -1.67. The lowest BCUT2D eigenvalue weighted by Gasteiger charge is -2.59. The molecule has 7 nitrogen and oxygen atoms in total. The van der Waals surface area contributed by atoms with Crippen LogP contribution < -0.4 is 0 Å². The molecule has 0 aromatic heterocycles. The summed E-state index contributed by atoms with van der Waals surface area (Å²) in [6, 6.07) is 0. The van der Waals surface area contributed by atoms with E-state index in [0.29, 0.717) is 12.8 Å². The van der Waals surface area contributed by atoms with Crippen molar-refractivity contribution >= 4 is 17.3 Å². The van der Waals surface area contributed by atoms with Crippen molar-refractivity contribution in [3.8, 4) is 0 Å². The van der Waals surface area contributed by atoms with E-state index in [4.69, 9.17) is 9.47 Å². The van der Waals surface area contributed by atoms with Crippen LogP contribution in [0.4, 0.5) is 0 Å². The van der Waals surface area contributed by atoms with Crippen molar-refractivity contribution in [2.45, 2.75) is 90.8 Å². The van der Waals surface area contributed by atoms with Crippen molar-refractivity contribution in [2.75, 3.05) is 6.61 Å². The molecule has 188 valence electrons. The lowest BCUT2D eigenvalue weighted by Crippen LogP contribution is -2.63. The van der Waals surface area contributed by atoms with Crippen molar-refractivity contribution in [1.29, 1.82) is 0 Å². The predicted octanol–water partition coefficient (Wildman–Crippen LogP) is 2.92. The van der Waals surface area contributed by atoms with Gasteiger partial charge in [0.1, 0.15) is 12.4 Å². The van der Waals surface area contributed by atoms with E-state index in [-0.39, 0.29) is 40.5 Å². The number of carbonyl (C=O) groups excluding carboxylic acids is 3. The second-order valence-electron chi connectivity index (χ2n) is 11.8. The minimum absolute atomic E-state index is 0.0167. The molecule has 0 radical (unpaired) electrons. The maximum Gasteiger partial charge on any atom is 0.193 e. The fourth-order valence-corrected chi connectivity index (χ4v) is 8.04. The highest BCUT2D eigenvalue weighted by molar-refractivity contribution is 6.01. The number of hydrogen-bond acceptors (Lipinski definition) is 7. The molecule has 1 heterocycles. The number of aliphatic hydroxyl groups excluding tert-OH is 2. The van der Waals surface area contributed by atoms with E-state index in [0.717, 1.165) is 18.4 Å². The molecule has 0 aromatic carbocycles. The van der Waals surface area contributed by atoms with Crippen molar-refractivity contribution in [1.82, 2.24) is 0 Å². The largest absolute Gasteiger partial charge is 0.393 e. The van der Waals surface area contributed by atoms with E-state index in [1.807, 2.05) is 13.0 Å². The van der Waals surface area contributed by atoms with E-state index in [1.165, 1.54) is 13.8 Å². The van der Waals surface area contributed by atoms with Gasteiger partial charge in [0.05, 0.1) is 12.2 Å². The van der Waals surface area contributed by atoms with Gasteiger partial charge in [0.2, 0.25) is 0 Å². The van der Waals surface area contributed by atoms with E-state index in [9.17, 15) is 24.6 Å². The van der Waals surface area contributed by atoms with Gasteiger partial charge in [0, 0.05) is 16.7 Å². The summed E-state index contributed by atoms with van der Waals surface area (Å²) in [6.07, 6.45) is 7.04. The van der Waals surface area contributed by atoms with Gasteiger partial charge in [-0.25, -0.2) is 0 Å². The third-order valence-electron chi connectivity index (χ3n) is 9.05. The summed E-state index contributed by atoms with van der Waals surface area (Å²) >= 11 is 0. The van der Waals surface area contributed by atoms with E-state index < -0.39 is 35.6 Å². The highest BCUT2D eigenvalue weighted by Crippen LogP contribution is 2.70. The molecule has 34 heavy (non-hydrogen) atoms. The zero-order chi connectivity index (χ0) is 25.3. The summed E-state index contributed by atoms with van der Waals surface area (Å²) in [4.78, 5) is 34.6. The smallest absolute Gasteiger partial charge is 0.193 e. The molecule has 0 spiro atoms. The summed E-state index contributed by atoms with van der Waals surface area (Å²) in [5.41, 5.74) is -1.12. The molecular weight excluding hydrogens is 436 g/mol. The number of rotatable bonds is 2. The normalized spacial score (nSPS) is 45.7. The van der Waals surface area contributed by atoms with Crippen LogP contribution in [0.15, 0.2) is 23.8 Å². The molecule has 4 aliphatic carbocycles. The Bertz CT molecular complexity index is 960. The van der Waals surface area contributed by atoms with Crippen LogP contribution in [0.3, 0.4) is 0 Å². The molecule has 0 aromatic rings. The topological polar surface area (TPSA) is 110 Å². The Morgan fingerprint density at radius 3 is 2.44 bits per heavy atom. The third-order valence-corrected chi connectivity index (χ3v) is 9.05. The summed E-state index contributed by atoms with van der Waals surface area (Å²) in [6.45, 7) is 10.2. The summed E-state index contributed by atoms with van der Waals surface area (Å²) in [5.74, 6) is -0.780. The number of ketones is 3. The van der Waals surface area contributed by atoms with Crippen LogP contribution in [0.2, 0.25) is 0 Å². The molecule has 0 bridgehead atoms. The molecule has 5 aliphatic rings. The van der Waals surface area contributed by atoms with Gasteiger partial charge in [-0.15, -0.1) is 0 Å². The molecular formula is C27H38O7. The van der Waals surface area contributed by atoms with Crippen LogP contribution in [0.1, 0.15) is 67.2 Å². The zero-order valence-corrected chi connectivity index (χ0v) is 21.1. The average molecular weight is 475 g/mol. The summed E-state index contributed by atoms with van der Waals surface area (Å²) < 4.78 is 12.6. The van der Waals surface area contributed by atoms with Gasteiger partial charge in [0.25, 0.3) is 0 Å². The van der Waals surface area contributed by atoms with Gasteiger partial charge >= 0.3 is 0 Å². The van der Waals surface area contributed by atoms with Gasteiger partial charge in [-0.2, -0.15) is 0 Å². The molecule has 1 saturated heterocycles. The molecule has 3 saturated carbocycles. The van der Waals surface area contributed by atoms with Crippen molar-refractivity contribution in [3.05, 3.63) is 23.8 Å². The fourth-order valence-electron chi connectivity index (χ4n) is 8.04. The Morgan fingerprint density at radius 2 is 1.82 bits per heavy atom. The maximum absolute atomic E-state index is 13.2. The molecule has 8 atom stereocenters. The number of allylic oxidation sites excluding steroid dienone is 4. The Balaban J connectivity index is 0.000000636. The molecule has 7 heteroatoms. The Kier molecular flexibility index (Phi) is 6.12. The van der Waals surface area contributed by atoms with Gasteiger partial charge in [0.15, 0.2) is 23.0 Å². The van der Waals surface area contributed by atoms with Gasteiger partial charge < -0.3 is 24.5 Å². The van der Waals surface area contributed by atoms with Gasteiger partial charge in [-0.1, -0.05) is 25.5 Å². The van der Waals surface area contributed by atoms with Crippen LogP contribution in [-0.2, 0) is 23.9 Å². The number of ether oxygens (including phenoxy) is 2. The summed E-state index contributed by atoms with van der Waals surface area (Å²) in [5, 5.41) is 21.3. The first-order valence-corrected chi connectivity index (χ1v) is 12.3. The summed E-state index contributed by atoms with van der Waals surface area (Å²) in [7, 11) is 0. The third kappa shape index (κ3) is 3.50. The van der Waals surface area contributed by atoms with Crippen LogP contribution in [-0.4, -0.2) is 57.8 Å². The van der Waals surface area contributed by atoms with Crippen LogP contribution in [0.25, 0.3) is 0 Å². The van der Waals surface area contributed by atoms with Crippen molar-refractivity contribution in [3.63, 3.8) is 0 Å². The molecule has 0 amide bonds. The first kappa shape index (κ1) is 25.4. The van der Waals surface area contributed by atoms with E-state index in [1.54, 1.807) is 26.0 Å². The number of fused-ring (bicyclic) bond motifs is 7. The van der Waals surface area contributed by atoms with E-state index in [2.05, 4.69) is 6.92 Å². The fraction of sp³-hybridized carbons (Fsp3) is 0.741. The number of aliphatic hydroxyl groups is 2. The highest BCUT2D eigenvalue weighted by atomic mass is 16.8. The minimum Gasteiger partial charge on any atom is -0.393 e. The monoisotopic (exact) mass is 474 g/mol. The molecule has 2 N–H and O–H groups in total. The van der Waals surface area contributed by atoms with Crippen molar-refractivity contribution in [2.24, 2.45) is 28.6 Å². The van der Waals surface area contributed by atoms with Crippen molar-refractivity contribution < 1.29 is 34.1 Å². The lowest BCUT2D eigenvalue weighted by molar-refractivity contribution is -0.225. The Morgan fingerprint density at radius 1 is 1.18 bits per heavy atom. The highest BCUT2D eigenvalue weighted by Gasteiger charge is 2.76. The predicted molar refractivity (Wildman–Crippen MR) is 125 cm³/mol. The average Bonchev–Trinajstić information content (AvgIpc) is 3.13. The minimum atomic E-state index is -1.24. The molecule has 1 aliphatic heterocycles. The van der Waals surface area contributed by atoms with Gasteiger partial charge in [-0.3, -0.25) is 9.59 Å². The number of hydrogen-bond donors (Lipinski definition) is 2. The quantitative estimate of drug-likeness (QED) is 0.633. The number of carbonyl (C=O) groups is 3. The van der Waals surface area contributed by atoms with E-state index >= 15 is 0 Å².